The van der Waals surface area contributed by atoms with E-state index in [2.05, 4.69) is 29.5 Å². The summed E-state index contributed by atoms with van der Waals surface area (Å²) in [6, 6.07) is 1.38. The molecule has 0 aromatic rings. The zero-order valence-electron chi connectivity index (χ0n) is 12.6. The molecule has 120 valence electrons. The summed E-state index contributed by atoms with van der Waals surface area (Å²) < 4.78 is 0. The van der Waals surface area contributed by atoms with Gasteiger partial charge in [0.15, 0.2) is 0 Å². The van der Waals surface area contributed by atoms with Gasteiger partial charge in [-0.2, -0.15) is 0 Å². The molecule has 6 heteroatoms. The lowest BCUT2D eigenvalue weighted by Crippen LogP contribution is -2.40. The van der Waals surface area contributed by atoms with E-state index >= 15 is 0 Å². The van der Waals surface area contributed by atoms with Crippen molar-refractivity contribution >= 4 is 30.7 Å². The van der Waals surface area contributed by atoms with E-state index in [1.54, 1.807) is 0 Å². The van der Waals surface area contributed by atoms with Crippen molar-refractivity contribution in [2.75, 3.05) is 26.7 Å². The number of nitrogens with zero attached hydrogens (tertiary/aromatic N) is 1. The van der Waals surface area contributed by atoms with Crippen LogP contribution in [0.5, 0.6) is 0 Å². The van der Waals surface area contributed by atoms with Crippen LogP contribution in [-0.4, -0.2) is 49.6 Å². The highest BCUT2D eigenvalue weighted by atomic mass is 35.5. The Morgan fingerprint density at radius 1 is 1.25 bits per heavy atom. The highest BCUT2D eigenvalue weighted by Crippen LogP contribution is 2.32. The van der Waals surface area contributed by atoms with E-state index in [0.717, 1.165) is 26.1 Å². The summed E-state index contributed by atoms with van der Waals surface area (Å²) in [6.07, 6.45) is 5.73. The van der Waals surface area contributed by atoms with Gasteiger partial charge < -0.3 is 15.5 Å². The van der Waals surface area contributed by atoms with Crippen LogP contribution in [0.4, 0.5) is 0 Å². The SMILES string of the molecule is CCN(C)CCNC(=O)CC1CC2CCC(C1)N2.Cl.Cl. The third-order valence-corrected chi connectivity index (χ3v) is 4.40. The van der Waals surface area contributed by atoms with Crippen LogP contribution in [0.2, 0.25) is 0 Å². The van der Waals surface area contributed by atoms with Crippen LogP contribution in [0.1, 0.15) is 39.0 Å². The zero-order chi connectivity index (χ0) is 13.0. The number of hydrogen-bond donors (Lipinski definition) is 2. The van der Waals surface area contributed by atoms with Gasteiger partial charge in [-0.05, 0) is 45.2 Å². The fourth-order valence-corrected chi connectivity index (χ4v) is 3.22. The van der Waals surface area contributed by atoms with Gasteiger partial charge in [0.25, 0.3) is 0 Å². The number of amides is 1. The molecule has 4 nitrogen and oxygen atoms in total. The smallest absolute Gasteiger partial charge is 0.220 e. The molecule has 2 heterocycles. The molecular weight excluding hydrogens is 297 g/mol. The summed E-state index contributed by atoms with van der Waals surface area (Å²) >= 11 is 0. The molecule has 1 amide bonds. The third-order valence-electron chi connectivity index (χ3n) is 4.40. The quantitative estimate of drug-likeness (QED) is 0.783. The first-order valence-electron chi connectivity index (χ1n) is 7.38. The molecule has 0 spiro atoms. The van der Waals surface area contributed by atoms with Crippen molar-refractivity contribution in [3.05, 3.63) is 0 Å². The fraction of sp³-hybridized carbons (Fsp3) is 0.929. The first kappa shape index (κ1) is 20.0. The van der Waals surface area contributed by atoms with E-state index in [1.165, 1.54) is 25.7 Å². The Hall–Kier alpha value is -0.0300. The summed E-state index contributed by atoms with van der Waals surface area (Å²) in [6.45, 7) is 4.89. The molecule has 0 aromatic carbocycles. The number of fused-ring (bicyclic) bond motifs is 2. The largest absolute Gasteiger partial charge is 0.355 e. The molecule has 0 radical (unpaired) electrons. The minimum absolute atomic E-state index is 0. The number of halogens is 2. The van der Waals surface area contributed by atoms with Gasteiger partial charge in [0, 0.05) is 31.6 Å². The molecule has 2 aliphatic heterocycles. The maximum Gasteiger partial charge on any atom is 0.220 e. The highest BCUT2D eigenvalue weighted by Gasteiger charge is 2.33. The Kier molecular flexibility index (Phi) is 9.81. The van der Waals surface area contributed by atoms with Gasteiger partial charge in [0.2, 0.25) is 5.91 Å². The lowest BCUT2D eigenvalue weighted by molar-refractivity contribution is -0.122. The van der Waals surface area contributed by atoms with Gasteiger partial charge in [-0.25, -0.2) is 0 Å². The molecule has 2 fully saturated rings. The lowest BCUT2D eigenvalue weighted by atomic mass is 9.89. The molecule has 2 unspecified atom stereocenters. The highest BCUT2D eigenvalue weighted by molar-refractivity contribution is 5.85. The van der Waals surface area contributed by atoms with Crippen molar-refractivity contribution in [2.24, 2.45) is 5.92 Å². The summed E-state index contributed by atoms with van der Waals surface area (Å²) in [5.74, 6) is 0.846. The predicted octanol–water partition coefficient (Wildman–Crippen LogP) is 1.82. The predicted molar refractivity (Wildman–Crippen MR) is 88.0 cm³/mol. The number of piperidine rings is 1. The Labute approximate surface area is 135 Å². The molecule has 0 aromatic heterocycles. The minimum atomic E-state index is 0. The maximum absolute atomic E-state index is 11.9. The van der Waals surface area contributed by atoms with Crippen molar-refractivity contribution in [1.82, 2.24) is 15.5 Å². The van der Waals surface area contributed by atoms with Gasteiger partial charge in [-0.1, -0.05) is 6.92 Å². The van der Waals surface area contributed by atoms with E-state index < -0.39 is 0 Å². The van der Waals surface area contributed by atoms with E-state index in [4.69, 9.17) is 0 Å². The molecule has 2 aliphatic rings. The number of nitrogens with one attached hydrogen (secondary N) is 2. The van der Waals surface area contributed by atoms with Crippen molar-refractivity contribution in [1.29, 1.82) is 0 Å². The van der Waals surface area contributed by atoms with Gasteiger partial charge in [-0.15, -0.1) is 24.8 Å². The summed E-state index contributed by atoms with van der Waals surface area (Å²) in [7, 11) is 2.08. The number of likely N-dealkylation sites (N-methyl/N-ethyl adjacent to an activating group) is 1. The van der Waals surface area contributed by atoms with Gasteiger partial charge in [0.05, 0.1) is 0 Å². The topological polar surface area (TPSA) is 44.4 Å². The van der Waals surface area contributed by atoms with E-state index in [1.807, 2.05) is 0 Å². The summed E-state index contributed by atoms with van der Waals surface area (Å²) in [5.41, 5.74) is 0. The maximum atomic E-state index is 11.9. The van der Waals surface area contributed by atoms with Gasteiger partial charge in [-0.3, -0.25) is 4.79 Å². The van der Waals surface area contributed by atoms with Crippen molar-refractivity contribution in [3.8, 4) is 0 Å². The van der Waals surface area contributed by atoms with Crippen LogP contribution in [0.25, 0.3) is 0 Å². The number of hydrogen-bond acceptors (Lipinski definition) is 3. The first-order valence-corrected chi connectivity index (χ1v) is 7.38. The Morgan fingerprint density at radius 3 is 2.40 bits per heavy atom. The fourth-order valence-electron chi connectivity index (χ4n) is 3.22. The summed E-state index contributed by atoms with van der Waals surface area (Å²) in [5, 5.41) is 6.67. The van der Waals surface area contributed by atoms with Crippen molar-refractivity contribution in [3.63, 3.8) is 0 Å². The van der Waals surface area contributed by atoms with Crippen LogP contribution in [0.15, 0.2) is 0 Å². The van der Waals surface area contributed by atoms with E-state index in [9.17, 15) is 4.79 Å². The van der Waals surface area contributed by atoms with Gasteiger partial charge >= 0.3 is 0 Å². The van der Waals surface area contributed by atoms with Gasteiger partial charge in [0.1, 0.15) is 0 Å². The van der Waals surface area contributed by atoms with Crippen LogP contribution < -0.4 is 10.6 Å². The molecule has 2 bridgehead atoms. The molecule has 0 saturated carbocycles. The Bertz CT molecular complexity index is 280. The normalized spacial score (nSPS) is 27.6. The third kappa shape index (κ3) is 6.17. The molecule has 2 N–H and O–H groups in total. The molecule has 2 saturated heterocycles. The Balaban J connectivity index is 0.00000180. The number of carbonyl (C=O) groups excluding carboxylic acids is 1. The van der Waals surface area contributed by atoms with E-state index in [-0.39, 0.29) is 30.7 Å². The molecule has 0 aliphatic carbocycles. The summed E-state index contributed by atoms with van der Waals surface area (Å²) in [4.78, 5) is 14.1. The molecule has 20 heavy (non-hydrogen) atoms. The van der Waals surface area contributed by atoms with Crippen LogP contribution in [-0.2, 0) is 4.79 Å². The van der Waals surface area contributed by atoms with Crippen molar-refractivity contribution in [2.45, 2.75) is 51.1 Å². The first-order chi connectivity index (χ1) is 8.67. The number of rotatable bonds is 6. The molecule has 2 atom stereocenters. The zero-order valence-corrected chi connectivity index (χ0v) is 14.2. The van der Waals surface area contributed by atoms with Crippen molar-refractivity contribution < 1.29 is 4.79 Å². The lowest BCUT2D eigenvalue weighted by Gasteiger charge is -2.28. The van der Waals surface area contributed by atoms with Crippen LogP contribution in [0.3, 0.4) is 0 Å². The Morgan fingerprint density at radius 2 is 1.85 bits per heavy atom. The number of carbonyl (C=O) groups is 1. The second-order valence-corrected chi connectivity index (χ2v) is 5.93. The molecular formula is C14H29Cl2N3O. The molecule has 2 rings (SSSR count). The average molecular weight is 326 g/mol. The minimum Gasteiger partial charge on any atom is -0.355 e. The van der Waals surface area contributed by atoms with E-state index in [0.29, 0.717) is 18.0 Å². The second-order valence-electron chi connectivity index (χ2n) is 5.93. The monoisotopic (exact) mass is 325 g/mol. The standard InChI is InChI=1S/C14H27N3O.2ClH/c1-3-17(2)7-6-15-14(18)10-11-8-12-4-5-13(9-11)16-12;;/h11-13,16H,3-10H2,1-2H3,(H,15,18);2*1H. The van der Waals surface area contributed by atoms with Crippen LogP contribution >= 0.6 is 24.8 Å². The second kappa shape index (κ2) is 9.82. The average Bonchev–Trinajstić information content (AvgIpc) is 2.68. The van der Waals surface area contributed by atoms with Crippen LogP contribution in [0, 0.1) is 5.92 Å².